The van der Waals surface area contributed by atoms with E-state index < -0.39 is 0 Å². The van der Waals surface area contributed by atoms with E-state index in [0.29, 0.717) is 5.92 Å². The molecule has 0 atom stereocenters. The molecule has 0 bridgehead atoms. The number of aliphatic hydroxyl groups excluding tert-OH is 1. The van der Waals surface area contributed by atoms with Crippen molar-refractivity contribution in [3.8, 4) is 22.4 Å². The molecule has 4 aromatic rings. The maximum absolute atomic E-state index is 12.2. The Hall–Kier alpha value is -3.07. The molecule has 0 aliphatic heterocycles. The van der Waals surface area contributed by atoms with Crippen LogP contribution in [0.25, 0.3) is 33.2 Å². The van der Waals surface area contributed by atoms with Crippen molar-refractivity contribution in [3.05, 3.63) is 102 Å². The zero-order valence-corrected chi connectivity index (χ0v) is 33.6. The van der Waals surface area contributed by atoms with Crippen LogP contribution >= 0.6 is 0 Å². The first-order chi connectivity index (χ1) is 22.1. The standard InChI is InChI=1S/C29H30N.C15H28O2.Ir/c1-20(2)16-21-10-12-22(13-11-21)23-14-15-30-28(19-23)25-17-24-8-6-7-9-26(24)27(18-25)29(3,4)5;1-7-14(5,8-2)12(16)11-13(17)15(6,9-3)10-4;/h6-15,18-20H,16H2,1-5H3;11,16H,7-10H2,1-6H3;/q-1;;/b;12-11-;. The van der Waals surface area contributed by atoms with Crippen molar-refractivity contribution >= 4 is 16.6 Å². The summed E-state index contributed by atoms with van der Waals surface area (Å²) < 4.78 is 0. The minimum absolute atomic E-state index is 0. The maximum Gasteiger partial charge on any atom is 0.164 e. The van der Waals surface area contributed by atoms with Crippen molar-refractivity contribution in [2.75, 3.05) is 0 Å². The van der Waals surface area contributed by atoms with E-state index in [4.69, 9.17) is 4.98 Å². The van der Waals surface area contributed by atoms with Crippen LogP contribution in [0.2, 0.25) is 0 Å². The van der Waals surface area contributed by atoms with E-state index in [2.05, 4.69) is 107 Å². The maximum atomic E-state index is 12.2. The molecule has 1 heterocycles. The molecule has 0 spiro atoms. The number of aliphatic hydroxyl groups is 1. The Morgan fingerprint density at radius 3 is 1.94 bits per heavy atom. The van der Waals surface area contributed by atoms with Gasteiger partial charge in [-0.05, 0) is 66.2 Å². The van der Waals surface area contributed by atoms with Crippen LogP contribution in [0, 0.1) is 22.8 Å². The van der Waals surface area contributed by atoms with Gasteiger partial charge >= 0.3 is 0 Å². The van der Waals surface area contributed by atoms with Crippen molar-refractivity contribution in [1.82, 2.24) is 4.98 Å². The number of carbonyl (C=O) groups is 1. The fraction of sp³-hybridized carbons (Fsp3) is 0.455. The third-order valence-electron chi connectivity index (χ3n) is 10.2. The van der Waals surface area contributed by atoms with E-state index in [1.165, 1.54) is 33.7 Å². The van der Waals surface area contributed by atoms with Crippen LogP contribution in [-0.2, 0) is 36.7 Å². The number of hydrogen-bond donors (Lipinski definition) is 1. The SMILES string of the molecule is CC(C)Cc1ccc(-c2ccnc(-c3[c-]c4ccccc4c(C(C)(C)C)c3)c2)cc1.CCC(C)(CC)C(=O)/C=C(\O)C(C)(CC)CC.[Ir]. The topological polar surface area (TPSA) is 50.2 Å². The first-order valence-corrected chi connectivity index (χ1v) is 17.6. The van der Waals surface area contributed by atoms with E-state index in [-0.39, 0.29) is 47.9 Å². The van der Waals surface area contributed by atoms with Crippen molar-refractivity contribution in [1.29, 1.82) is 0 Å². The van der Waals surface area contributed by atoms with Crippen LogP contribution in [0.1, 0.15) is 113 Å². The van der Waals surface area contributed by atoms with Crippen LogP contribution in [0.3, 0.4) is 0 Å². The Balaban J connectivity index is 0.000000384. The number of benzene rings is 3. The Morgan fingerprint density at radius 1 is 0.812 bits per heavy atom. The van der Waals surface area contributed by atoms with E-state index >= 15 is 0 Å². The molecule has 4 heteroatoms. The molecule has 0 saturated heterocycles. The van der Waals surface area contributed by atoms with Gasteiger partial charge in [-0.2, -0.15) is 0 Å². The number of hydrogen-bond acceptors (Lipinski definition) is 3. The van der Waals surface area contributed by atoms with Crippen LogP contribution in [0.15, 0.2) is 84.8 Å². The number of aromatic nitrogens is 1. The summed E-state index contributed by atoms with van der Waals surface area (Å²) in [5, 5.41) is 12.5. The molecule has 0 amide bonds. The minimum atomic E-state index is -0.337. The fourth-order valence-electron chi connectivity index (χ4n) is 5.73. The van der Waals surface area contributed by atoms with Crippen molar-refractivity contribution < 1.29 is 30.0 Å². The predicted octanol–water partition coefficient (Wildman–Crippen LogP) is 12.5. The van der Waals surface area contributed by atoms with Gasteiger partial charge in [0.05, 0.1) is 0 Å². The molecule has 1 aromatic heterocycles. The summed E-state index contributed by atoms with van der Waals surface area (Å²) in [6.07, 6.45) is 7.78. The van der Waals surface area contributed by atoms with Crippen LogP contribution < -0.4 is 0 Å². The molecule has 261 valence electrons. The average molecular weight is 825 g/mol. The predicted molar refractivity (Wildman–Crippen MR) is 202 cm³/mol. The Kier molecular flexibility index (Phi) is 15.0. The largest absolute Gasteiger partial charge is 0.512 e. The Morgan fingerprint density at radius 2 is 1.40 bits per heavy atom. The zero-order chi connectivity index (χ0) is 35.0. The normalized spacial score (nSPS) is 12.4. The quantitative estimate of drug-likeness (QED) is 0.0931. The summed E-state index contributed by atoms with van der Waals surface area (Å²) in [5.74, 6) is 0.956. The van der Waals surface area contributed by atoms with E-state index in [9.17, 15) is 9.90 Å². The third kappa shape index (κ3) is 10.2. The number of nitrogens with zero attached hydrogens (tertiary/aromatic N) is 1. The summed E-state index contributed by atoms with van der Waals surface area (Å²) in [7, 11) is 0. The molecular formula is C44H58IrNO2-. The average Bonchev–Trinajstić information content (AvgIpc) is 3.06. The van der Waals surface area contributed by atoms with Crippen molar-refractivity contribution in [2.24, 2.45) is 16.7 Å². The second-order valence-electron chi connectivity index (χ2n) is 15.0. The fourth-order valence-corrected chi connectivity index (χ4v) is 5.73. The van der Waals surface area contributed by atoms with Gasteiger partial charge in [-0.15, -0.1) is 29.1 Å². The number of pyridine rings is 1. The van der Waals surface area contributed by atoms with Crippen LogP contribution in [-0.4, -0.2) is 15.9 Å². The summed E-state index contributed by atoms with van der Waals surface area (Å²) in [5.41, 5.74) is 6.60. The van der Waals surface area contributed by atoms with Gasteiger partial charge in [0, 0.05) is 48.9 Å². The number of carbonyl (C=O) groups excluding carboxylic acids is 1. The Labute approximate surface area is 305 Å². The molecule has 48 heavy (non-hydrogen) atoms. The van der Waals surface area contributed by atoms with Crippen LogP contribution in [0.4, 0.5) is 0 Å². The van der Waals surface area contributed by atoms with Gasteiger partial charge in [0.25, 0.3) is 0 Å². The van der Waals surface area contributed by atoms with E-state index in [1.54, 1.807) is 0 Å². The molecule has 3 aromatic carbocycles. The smallest absolute Gasteiger partial charge is 0.164 e. The van der Waals surface area contributed by atoms with Gasteiger partial charge in [-0.3, -0.25) is 9.78 Å². The van der Waals surface area contributed by atoms with Crippen LogP contribution in [0.5, 0.6) is 0 Å². The van der Waals surface area contributed by atoms with E-state index in [1.807, 2.05) is 47.7 Å². The number of allylic oxidation sites excluding steroid dienone is 2. The second kappa shape index (κ2) is 17.5. The number of rotatable bonds is 11. The van der Waals surface area contributed by atoms with E-state index in [0.717, 1.165) is 48.7 Å². The van der Waals surface area contributed by atoms with Gasteiger partial charge in [0.15, 0.2) is 5.78 Å². The second-order valence-corrected chi connectivity index (χ2v) is 15.0. The van der Waals surface area contributed by atoms with Gasteiger partial charge in [0.1, 0.15) is 5.76 Å². The van der Waals surface area contributed by atoms with Gasteiger partial charge in [0.2, 0.25) is 0 Å². The molecular weight excluding hydrogens is 767 g/mol. The zero-order valence-electron chi connectivity index (χ0n) is 31.3. The summed E-state index contributed by atoms with van der Waals surface area (Å²) in [6, 6.07) is 27.6. The molecule has 1 radical (unpaired) electrons. The van der Waals surface area contributed by atoms with Gasteiger partial charge in [-0.1, -0.05) is 136 Å². The first kappa shape index (κ1) is 41.1. The molecule has 0 aliphatic rings. The molecule has 1 N–H and O–H groups in total. The van der Waals surface area contributed by atoms with Crippen molar-refractivity contribution in [2.45, 2.75) is 114 Å². The van der Waals surface area contributed by atoms with Gasteiger partial charge < -0.3 is 5.11 Å². The molecule has 0 fully saturated rings. The molecule has 3 nitrogen and oxygen atoms in total. The molecule has 0 saturated carbocycles. The Bertz CT molecular complexity index is 1650. The van der Waals surface area contributed by atoms with Gasteiger partial charge in [-0.25, -0.2) is 0 Å². The molecule has 0 unspecified atom stereocenters. The number of ketones is 1. The molecule has 0 aliphatic carbocycles. The summed E-state index contributed by atoms with van der Waals surface area (Å²) >= 11 is 0. The third-order valence-corrected chi connectivity index (χ3v) is 10.2. The number of fused-ring (bicyclic) bond motifs is 1. The summed E-state index contributed by atoms with van der Waals surface area (Å²) in [6.45, 7) is 23.4. The van der Waals surface area contributed by atoms with Crippen molar-refractivity contribution in [3.63, 3.8) is 0 Å². The minimum Gasteiger partial charge on any atom is -0.512 e. The first-order valence-electron chi connectivity index (χ1n) is 17.6. The molecule has 4 rings (SSSR count). The monoisotopic (exact) mass is 825 g/mol. The summed E-state index contributed by atoms with van der Waals surface area (Å²) in [4.78, 5) is 16.9.